The van der Waals surface area contributed by atoms with Crippen LogP contribution in [0.1, 0.15) is 28.8 Å². The van der Waals surface area contributed by atoms with E-state index in [0.29, 0.717) is 6.54 Å². The lowest BCUT2D eigenvalue weighted by atomic mass is 10.2. The molecule has 2 rings (SSSR count). The van der Waals surface area contributed by atoms with E-state index in [1.165, 1.54) is 0 Å². The third-order valence-corrected chi connectivity index (χ3v) is 4.14. The van der Waals surface area contributed by atoms with Crippen LogP contribution in [-0.2, 0) is 16.1 Å². The van der Waals surface area contributed by atoms with Crippen molar-refractivity contribution in [3.05, 3.63) is 57.8 Å². The lowest BCUT2D eigenvalue weighted by Crippen LogP contribution is -2.25. The number of carbonyl (C=O) groups is 2. The summed E-state index contributed by atoms with van der Waals surface area (Å²) in [5.41, 5.74) is 4.58. The SMILES string of the molecule is Cc1ccsc1/C=N\NC(=O)CCC(=O)NCc1ccccc1. The Bertz CT molecular complexity index is 680. The molecular weight excluding hydrogens is 310 g/mol. The fourth-order valence-corrected chi connectivity index (χ4v) is 2.63. The van der Waals surface area contributed by atoms with Crippen LogP contribution >= 0.6 is 11.3 Å². The van der Waals surface area contributed by atoms with E-state index >= 15 is 0 Å². The van der Waals surface area contributed by atoms with E-state index in [4.69, 9.17) is 0 Å². The standard InChI is InChI=1S/C17H19N3O2S/c1-13-9-10-23-15(13)12-19-20-17(22)8-7-16(21)18-11-14-5-3-2-4-6-14/h2-6,9-10,12H,7-8,11H2,1H3,(H,18,21)(H,20,22)/b19-12-. The third kappa shape index (κ3) is 6.04. The largest absolute Gasteiger partial charge is 0.352 e. The van der Waals surface area contributed by atoms with Gasteiger partial charge in [0.05, 0.1) is 6.21 Å². The molecule has 0 aliphatic heterocycles. The summed E-state index contributed by atoms with van der Waals surface area (Å²) in [6.07, 6.45) is 1.88. The Hall–Kier alpha value is -2.47. The van der Waals surface area contributed by atoms with Gasteiger partial charge < -0.3 is 5.32 Å². The van der Waals surface area contributed by atoms with Crippen molar-refractivity contribution in [1.82, 2.24) is 10.7 Å². The van der Waals surface area contributed by atoms with Gasteiger partial charge in [-0.1, -0.05) is 30.3 Å². The number of benzene rings is 1. The summed E-state index contributed by atoms with van der Waals surface area (Å²) in [4.78, 5) is 24.3. The van der Waals surface area contributed by atoms with Gasteiger partial charge in [0.15, 0.2) is 0 Å². The van der Waals surface area contributed by atoms with Gasteiger partial charge >= 0.3 is 0 Å². The lowest BCUT2D eigenvalue weighted by Gasteiger charge is -2.04. The number of nitrogens with one attached hydrogen (secondary N) is 2. The van der Waals surface area contributed by atoms with E-state index in [0.717, 1.165) is 16.0 Å². The highest BCUT2D eigenvalue weighted by molar-refractivity contribution is 7.11. The molecule has 5 nitrogen and oxygen atoms in total. The van der Waals surface area contributed by atoms with E-state index in [1.54, 1.807) is 17.6 Å². The molecule has 6 heteroatoms. The van der Waals surface area contributed by atoms with Gasteiger partial charge in [-0.05, 0) is 29.5 Å². The van der Waals surface area contributed by atoms with Crippen molar-refractivity contribution in [2.24, 2.45) is 5.10 Å². The third-order valence-electron chi connectivity index (χ3n) is 3.18. The first-order chi connectivity index (χ1) is 11.1. The predicted molar refractivity (Wildman–Crippen MR) is 92.3 cm³/mol. The minimum absolute atomic E-state index is 0.112. The fraction of sp³-hybridized carbons (Fsp3) is 0.235. The number of amides is 2. The Morgan fingerprint density at radius 3 is 2.57 bits per heavy atom. The number of carbonyl (C=O) groups excluding carboxylic acids is 2. The number of rotatable bonds is 7. The zero-order chi connectivity index (χ0) is 16.5. The zero-order valence-corrected chi connectivity index (χ0v) is 13.7. The molecular formula is C17H19N3O2S. The Labute approximate surface area is 139 Å². The number of nitrogens with zero attached hydrogens (tertiary/aromatic N) is 1. The smallest absolute Gasteiger partial charge is 0.240 e. The molecule has 23 heavy (non-hydrogen) atoms. The van der Waals surface area contributed by atoms with Crippen molar-refractivity contribution in [2.75, 3.05) is 0 Å². The van der Waals surface area contributed by atoms with E-state index in [1.807, 2.05) is 48.7 Å². The van der Waals surface area contributed by atoms with Crippen molar-refractivity contribution >= 4 is 29.4 Å². The maximum absolute atomic E-state index is 11.7. The molecule has 1 aromatic carbocycles. The summed E-state index contributed by atoms with van der Waals surface area (Å²) >= 11 is 1.56. The average Bonchev–Trinajstić information content (AvgIpc) is 2.97. The molecule has 0 saturated carbocycles. The van der Waals surface area contributed by atoms with Crippen molar-refractivity contribution < 1.29 is 9.59 Å². The van der Waals surface area contributed by atoms with Crippen LogP contribution in [0.25, 0.3) is 0 Å². The van der Waals surface area contributed by atoms with Gasteiger partial charge in [-0.25, -0.2) is 5.43 Å². The molecule has 0 aliphatic rings. The van der Waals surface area contributed by atoms with Crippen molar-refractivity contribution in [3.8, 4) is 0 Å². The molecule has 2 amide bonds. The predicted octanol–water partition coefficient (Wildman–Crippen LogP) is 2.60. The molecule has 0 unspecified atom stereocenters. The molecule has 1 heterocycles. The summed E-state index contributed by atoms with van der Waals surface area (Å²) in [7, 11) is 0. The number of thiophene rings is 1. The average molecular weight is 329 g/mol. The van der Waals surface area contributed by atoms with E-state index in [-0.39, 0.29) is 24.7 Å². The summed E-state index contributed by atoms with van der Waals surface area (Å²) in [6.45, 7) is 2.45. The Kier molecular flexibility index (Phi) is 6.50. The van der Waals surface area contributed by atoms with E-state index in [2.05, 4.69) is 15.8 Å². The van der Waals surface area contributed by atoms with Crippen LogP contribution in [0, 0.1) is 6.92 Å². The summed E-state index contributed by atoms with van der Waals surface area (Å²) < 4.78 is 0. The van der Waals surface area contributed by atoms with Gasteiger partial charge in [0.2, 0.25) is 11.8 Å². The van der Waals surface area contributed by atoms with Crippen LogP contribution in [0.2, 0.25) is 0 Å². The first-order valence-corrected chi connectivity index (χ1v) is 8.20. The van der Waals surface area contributed by atoms with Gasteiger partial charge in [-0.3, -0.25) is 9.59 Å². The maximum Gasteiger partial charge on any atom is 0.240 e. The molecule has 0 radical (unpaired) electrons. The highest BCUT2D eigenvalue weighted by atomic mass is 32.1. The first-order valence-electron chi connectivity index (χ1n) is 7.32. The van der Waals surface area contributed by atoms with Gasteiger partial charge in [0, 0.05) is 24.3 Å². The molecule has 120 valence electrons. The van der Waals surface area contributed by atoms with E-state index in [9.17, 15) is 9.59 Å². The molecule has 0 aliphatic carbocycles. The van der Waals surface area contributed by atoms with Crippen LogP contribution in [0.4, 0.5) is 0 Å². The maximum atomic E-state index is 11.7. The van der Waals surface area contributed by atoms with Crippen LogP contribution in [0.3, 0.4) is 0 Å². The van der Waals surface area contributed by atoms with Gasteiger partial charge in [-0.2, -0.15) is 5.10 Å². The minimum atomic E-state index is -0.273. The highest BCUT2D eigenvalue weighted by Crippen LogP contribution is 2.12. The second-order valence-corrected chi connectivity index (χ2v) is 5.97. The van der Waals surface area contributed by atoms with Crippen LogP contribution in [0.5, 0.6) is 0 Å². The zero-order valence-electron chi connectivity index (χ0n) is 12.9. The summed E-state index contributed by atoms with van der Waals surface area (Å²) in [6, 6.07) is 11.6. The van der Waals surface area contributed by atoms with Crippen LogP contribution in [-0.4, -0.2) is 18.0 Å². The van der Waals surface area contributed by atoms with Crippen molar-refractivity contribution in [3.63, 3.8) is 0 Å². The monoisotopic (exact) mass is 329 g/mol. The number of hydrogen-bond acceptors (Lipinski definition) is 4. The molecule has 0 bridgehead atoms. The topological polar surface area (TPSA) is 70.6 Å². The summed E-state index contributed by atoms with van der Waals surface area (Å²) in [5, 5.41) is 8.65. The highest BCUT2D eigenvalue weighted by Gasteiger charge is 2.06. The molecule has 0 spiro atoms. The molecule has 0 atom stereocenters. The second-order valence-electron chi connectivity index (χ2n) is 5.02. The Morgan fingerprint density at radius 2 is 1.87 bits per heavy atom. The molecule has 0 saturated heterocycles. The Balaban J connectivity index is 1.65. The molecule has 0 fully saturated rings. The molecule has 2 N–H and O–H groups in total. The number of hydrazone groups is 1. The van der Waals surface area contributed by atoms with Gasteiger partial charge in [0.1, 0.15) is 0 Å². The van der Waals surface area contributed by atoms with Crippen molar-refractivity contribution in [1.29, 1.82) is 0 Å². The minimum Gasteiger partial charge on any atom is -0.352 e. The summed E-state index contributed by atoms with van der Waals surface area (Å²) in [5.74, 6) is -0.424. The first kappa shape index (κ1) is 16.9. The Morgan fingerprint density at radius 1 is 1.13 bits per heavy atom. The van der Waals surface area contributed by atoms with Gasteiger partial charge in [-0.15, -0.1) is 11.3 Å². The van der Waals surface area contributed by atoms with Crippen molar-refractivity contribution in [2.45, 2.75) is 26.3 Å². The van der Waals surface area contributed by atoms with E-state index < -0.39 is 0 Å². The molecule has 1 aromatic heterocycles. The van der Waals surface area contributed by atoms with Gasteiger partial charge in [0.25, 0.3) is 0 Å². The lowest BCUT2D eigenvalue weighted by molar-refractivity contribution is -0.126. The molecule has 2 aromatic rings. The normalized spacial score (nSPS) is 10.7. The number of aryl methyl sites for hydroxylation is 1. The number of hydrogen-bond donors (Lipinski definition) is 2. The van der Waals surface area contributed by atoms with Crippen LogP contribution < -0.4 is 10.7 Å². The van der Waals surface area contributed by atoms with Crippen LogP contribution in [0.15, 0.2) is 46.9 Å². The quantitative estimate of drug-likeness (QED) is 0.605. The fourth-order valence-electron chi connectivity index (χ4n) is 1.85. The second kappa shape index (κ2) is 8.85.